The monoisotopic (exact) mass is 332 g/mol. The second-order valence-electron chi connectivity index (χ2n) is 5.77. The summed E-state index contributed by atoms with van der Waals surface area (Å²) in [6, 6.07) is 7.87. The number of thioether (sulfide) groups is 1. The van der Waals surface area contributed by atoms with E-state index >= 15 is 0 Å². The molecule has 23 heavy (non-hydrogen) atoms. The lowest BCUT2D eigenvalue weighted by atomic mass is 10.1. The Morgan fingerprint density at radius 1 is 1.35 bits per heavy atom. The Balaban J connectivity index is 1.64. The Bertz CT molecular complexity index is 713. The lowest BCUT2D eigenvalue weighted by Gasteiger charge is -2.34. The highest BCUT2D eigenvalue weighted by Gasteiger charge is 2.28. The normalized spacial score (nSPS) is 18.3. The van der Waals surface area contributed by atoms with Gasteiger partial charge in [-0.3, -0.25) is 9.59 Å². The fourth-order valence-electron chi connectivity index (χ4n) is 3.08. The number of aromatic nitrogens is 1. The number of carboxylic acid groups (broad SMARTS) is 1. The third-order valence-corrected chi connectivity index (χ3v) is 5.33. The number of carbonyl (C=O) groups excluding carboxylic acids is 1. The van der Waals surface area contributed by atoms with Gasteiger partial charge in [-0.15, -0.1) is 0 Å². The number of aromatic amines is 1. The maximum atomic E-state index is 12.5. The van der Waals surface area contributed by atoms with Gasteiger partial charge in [-0.2, -0.15) is 11.8 Å². The molecule has 0 spiro atoms. The highest BCUT2D eigenvalue weighted by molar-refractivity contribution is 7.99. The fourth-order valence-corrected chi connectivity index (χ4v) is 4.14. The van der Waals surface area contributed by atoms with Crippen molar-refractivity contribution in [3.63, 3.8) is 0 Å². The van der Waals surface area contributed by atoms with Crippen molar-refractivity contribution in [1.29, 1.82) is 0 Å². The molecule has 3 rings (SSSR count). The summed E-state index contributed by atoms with van der Waals surface area (Å²) in [5.41, 5.74) is 2.21. The van der Waals surface area contributed by atoms with Crippen molar-refractivity contribution >= 4 is 34.5 Å². The molecule has 1 aliphatic rings. The number of fused-ring (bicyclic) bond motifs is 1. The summed E-state index contributed by atoms with van der Waals surface area (Å²) >= 11 is 1.72. The van der Waals surface area contributed by atoms with Gasteiger partial charge in [-0.05, 0) is 18.1 Å². The lowest BCUT2D eigenvalue weighted by molar-refractivity contribution is -0.140. The van der Waals surface area contributed by atoms with Crippen molar-refractivity contribution in [2.75, 3.05) is 18.1 Å². The van der Waals surface area contributed by atoms with E-state index in [9.17, 15) is 9.59 Å². The summed E-state index contributed by atoms with van der Waals surface area (Å²) in [6.45, 7) is 0.648. The molecule has 1 saturated heterocycles. The SMILES string of the molecule is O=C(O)CC1CSCCN1C(=O)CCc1c[nH]c2ccccc12. The van der Waals surface area contributed by atoms with E-state index in [1.54, 1.807) is 16.7 Å². The minimum Gasteiger partial charge on any atom is -0.481 e. The zero-order valence-electron chi connectivity index (χ0n) is 12.8. The number of para-hydroxylation sites is 1. The molecule has 0 bridgehead atoms. The number of hydrogen-bond acceptors (Lipinski definition) is 3. The molecule has 0 aliphatic carbocycles. The molecule has 1 fully saturated rings. The molecule has 1 aliphatic heterocycles. The van der Waals surface area contributed by atoms with E-state index in [1.807, 2.05) is 24.4 Å². The summed E-state index contributed by atoms with van der Waals surface area (Å²) in [5, 5.41) is 10.2. The first-order valence-electron chi connectivity index (χ1n) is 7.79. The highest BCUT2D eigenvalue weighted by Crippen LogP contribution is 2.22. The van der Waals surface area contributed by atoms with Crippen molar-refractivity contribution in [2.45, 2.75) is 25.3 Å². The van der Waals surface area contributed by atoms with Gasteiger partial charge in [0.2, 0.25) is 5.91 Å². The second kappa shape index (κ2) is 7.08. The molecular formula is C17H20N2O3S. The van der Waals surface area contributed by atoms with Crippen LogP contribution in [0.5, 0.6) is 0 Å². The minimum atomic E-state index is -0.841. The van der Waals surface area contributed by atoms with Crippen LogP contribution in [0, 0.1) is 0 Å². The van der Waals surface area contributed by atoms with Gasteiger partial charge in [0, 0.05) is 41.6 Å². The second-order valence-corrected chi connectivity index (χ2v) is 6.92. The van der Waals surface area contributed by atoms with Crippen LogP contribution in [0.2, 0.25) is 0 Å². The zero-order chi connectivity index (χ0) is 16.2. The number of nitrogens with zero attached hydrogens (tertiary/aromatic N) is 1. The van der Waals surface area contributed by atoms with Crippen LogP contribution >= 0.6 is 11.8 Å². The molecule has 0 radical (unpaired) electrons. The first-order chi connectivity index (χ1) is 11.1. The van der Waals surface area contributed by atoms with Crippen LogP contribution in [0.25, 0.3) is 10.9 Å². The summed E-state index contributed by atoms with van der Waals surface area (Å²) < 4.78 is 0. The zero-order valence-corrected chi connectivity index (χ0v) is 13.6. The molecular weight excluding hydrogens is 312 g/mol. The Morgan fingerprint density at radius 2 is 2.17 bits per heavy atom. The number of nitrogens with one attached hydrogen (secondary N) is 1. The number of benzene rings is 1. The topological polar surface area (TPSA) is 73.4 Å². The number of amides is 1. The predicted molar refractivity (Wildman–Crippen MR) is 91.7 cm³/mol. The molecule has 122 valence electrons. The van der Waals surface area contributed by atoms with Gasteiger partial charge < -0.3 is 15.0 Å². The molecule has 5 nitrogen and oxygen atoms in total. The van der Waals surface area contributed by atoms with Crippen LogP contribution in [0.15, 0.2) is 30.5 Å². The van der Waals surface area contributed by atoms with Crippen LogP contribution in [-0.4, -0.2) is 51.0 Å². The van der Waals surface area contributed by atoms with Crippen molar-refractivity contribution in [3.05, 3.63) is 36.0 Å². The van der Waals surface area contributed by atoms with E-state index in [0.717, 1.165) is 22.2 Å². The highest BCUT2D eigenvalue weighted by atomic mass is 32.2. The quantitative estimate of drug-likeness (QED) is 0.882. The van der Waals surface area contributed by atoms with Crippen molar-refractivity contribution in [2.24, 2.45) is 0 Å². The Morgan fingerprint density at radius 3 is 3.00 bits per heavy atom. The Hall–Kier alpha value is -1.95. The van der Waals surface area contributed by atoms with Gasteiger partial charge >= 0.3 is 5.97 Å². The van der Waals surface area contributed by atoms with Gasteiger partial charge in [-0.25, -0.2) is 0 Å². The molecule has 2 N–H and O–H groups in total. The summed E-state index contributed by atoms with van der Waals surface area (Å²) in [7, 11) is 0. The Kier molecular flexibility index (Phi) is 4.91. The van der Waals surface area contributed by atoms with Crippen LogP contribution < -0.4 is 0 Å². The standard InChI is InChI=1S/C17H20N2O3S/c20-16(19-7-8-23-11-13(19)9-17(21)22)6-5-12-10-18-15-4-2-1-3-14(12)15/h1-4,10,13,18H,5-9,11H2,(H,21,22). The van der Waals surface area contributed by atoms with Crippen LogP contribution in [0.3, 0.4) is 0 Å². The molecule has 1 aromatic carbocycles. The summed E-state index contributed by atoms with van der Waals surface area (Å²) in [5.74, 6) is 0.814. The molecule has 1 atom stereocenters. The van der Waals surface area contributed by atoms with E-state index in [4.69, 9.17) is 5.11 Å². The van der Waals surface area contributed by atoms with E-state index in [-0.39, 0.29) is 18.4 Å². The van der Waals surface area contributed by atoms with Gasteiger partial charge in [0.05, 0.1) is 12.5 Å². The minimum absolute atomic E-state index is 0.0336. The van der Waals surface area contributed by atoms with Crippen LogP contribution in [-0.2, 0) is 16.0 Å². The van der Waals surface area contributed by atoms with E-state index in [0.29, 0.717) is 25.1 Å². The summed E-state index contributed by atoms with van der Waals surface area (Å²) in [4.78, 5) is 28.5. The van der Waals surface area contributed by atoms with Crippen LogP contribution in [0.1, 0.15) is 18.4 Å². The molecule has 1 unspecified atom stereocenters. The van der Waals surface area contributed by atoms with Crippen molar-refractivity contribution in [1.82, 2.24) is 9.88 Å². The average molecular weight is 332 g/mol. The fraction of sp³-hybridized carbons (Fsp3) is 0.412. The van der Waals surface area contributed by atoms with Crippen molar-refractivity contribution in [3.8, 4) is 0 Å². The maximum Gasteiger partial charge on any atom is 0.305 e. The number of rotatable bonds is 5. The number of carbonyl (C=O) groups is 2. The molecule has 1 amide bonds. The van der Waals surface area contributed by atoms with Crippen molar-refractivity contribution < 1.29 is 14.7 Å². The van der Waals surface area contributed by atoms with Gasteiger partial charge in [0.1, 0.15) is 0 Å². The maximum absolute atomic E-state index is 12.5. The number of hydrogen-bond donors (Lipinski definition) is 2. The average Bonchev–Trinajstić information content (AvgIpc) is 2.96. The lowest BCUT2D eigenvalue weighted by Crippen LogP contribution is -2.47. The van der Waals surface area contributed by atoms with E-state index in [2.05, 4.69) is 11.1 Å². The van der Waals surface area contributed by atoms with Gasteiger partial charge in [-0.1, -0.05) is 18.2 Å². The van der Waals surface area contributed by atoms with E-state index in [1.165, 1.54) is 0 Å². The van der Waals surface area contributed by atoms with Crippen LogP contribution in [0.4, 0.5) is 0 Å². The first kappa shape index (κ1) is 15.9. The van der Waals surface area contributed by atoms with Gasteiger partial charge in [0.25, 0.3) is 0 Å². The molecule has 0 saturated carbocycles. The number of H-pyrrole nitrogens is 1. The first-order valence-corrected chi connectivity index (χ1v) is 8.94. The number of aliphatic carboxylic acids is 1. The molecule has 2 heterocycles. The number of aryl methyl sites for hydroxylation is 1. The largest absolute Gasteiger partial charge is 0.481 e. The number of carboxylic acids is 1. The predicted octanol–water partition coefficient (Wildman–Crippen LogP) is 2.52. The molecule has 1 aromatic heterocycles. The molecule has 6 heteroatoms. The van der Waals surface area contributed by atoms with E-state index < -0.39 is 5.97 Å². The Labute approximate surface area is 139 Å². The third-order valence-electron chi connectivity index (χ3n) is 4.24. The third kappa shape index (κ3) is 3.69. The van der Waals surface area contributed by atoms with Gasteiger partial charge in [0.15, 0.2) is 0 Å². The smallest absolute Gasteiger partial charge is 0.305 e. The molecule has 2 aromatic rings. The summed E-state index contributed by atoms with van der Waals surface area (Å²) in [6.07, 6.45) is 3.08.